The molecular weight excluding hydrogens is 314 g/mol. The fraction of sp³-hybridized carbons (Fsp3) is 0.294. The Morgan fingerprint density at radius 1 is 1.10 bits per heavy atom. The predicted octanol–water partition coefficient (Wildman–Crippen LogP) is 5.16. The summed E-state index contributed by atoms with van der Waals surface area (Å²) in [6.07, 6.45) is 1.03. The Morgan fingerprint density at radius 3 is 2.50 bits per heavy atom. The number of halogens is 1. The van der Waals surface area contributed by atoms with Crippen molar-refractivity contribution >= 4 is 21.6 Å². The van der Waals surface area contributed by atoms with Crippen LogP contribution in [0.15, 0.2) is 46.9 Å². The highest BCUT2D eigenvalue weighted by molar-refractivity contribution is 9.10. The van der Waals surface area contributed by atoms with Crippen LogP contribution in [0.4, 0.5) is 5.69 Å². The third kappa shape index (κ3) is 4.27. The SMILES string of the molecule is CCCOc1ccc(CNc2ccc(Br)cc2C)cc1. The van der Waals surface area contributed by atoms with Gasteiger partial charge in [0.15, 0.2) is 0 Å². The molecule has 0 fully saturated rings. The Bertz CT molecular complexity index is 551. The van der Waals surface area contributed by atoms with Crippen LogP contribution >= 0.6 is 15.9 Å². The summed E-state index contributed by atoms with van der Waals surface area (Å²) in [6.45, 7) is 5.81. The van der Waals surface area contributed by atoms with E-state index in [1.807, 2.05) is 12.1 Å². The first-order valence-electron chi connectivity index (χ1n) is 6.91. The van der Waals surface area contributed by atoms with E-state index in [0.29, 0.717) is 0 Å². The lowest BCUT2D eigenvalue weighted by atomic mass is 10.1. The Kier molecular flexibility index (Phi) is 5.48. The van der Waals surface area contributed by atoms with Gasteiger partial charge in [0.25, 0.3) is 0 Å². The zero-order valence-electron chi connectivity index (χ0n) is 11.9. The molecular formula is C17H20BrNO. The summed E-state index contributed by atoms with van der Waals surface area (Å²) in [5.74, 6) is 0.940. The smallest absolute Gasteiger partial charge is 0.119 e. The Hall–Kier alpha value is -1.48. The van der Waals surface area contributed by atoms with Crippen molar-refractivity contribution in [2.75, 3.05) is 11.9 Å². The molecule has 0 radical (unpaired) electrons. The first kappa shape index (κ1) is 14.9. The largest absolute Gasteiger partial charge is 0.494 e. The molecule has 0 aliphatic carbocycles. The molecule has 0 aliphatic heterocycles. The fourth-order valence-corrected chi connectivity index (χ4v) is 2.42. The number of ether oxygens (including phenoxy) is 1. The molecule has 2 nitrogen and oxygen atoms in total. The van der Waals surface area contributed by atoms with Crippen LogP contribution in [0.2, 0.25) is 0 Å². The summed E-state index contributed by atoms with van der Waals surface area (Å²) in [5.41, 5.74) is 3.65. The van der Waals surface area contributed by atoms with Crippen LogP contribution in [0.5, 0.6) is 5.75 Å². The minimum Gasteiger partial charge on any atom is -0.494 e. The summed E-state index contributed by atoms with van der Waals surface area (Å²) in [7, 11) is 0. The van der Waals surface area contributed by atoms with E-state index >= 15 is 0 Å². The maximum Gasteiger partial charge on any atom is 0.119 e. The third-order valence-corrected chi connectivity index (χ3v) is 3.56. The van der Waals surface area contributed by atoms with E-state index in [2.05, 4.69) is 65.4 Å². The standard InChI is InChI=1S/C17H20BrNO/c1-3-10-20-16-7-4-14(5-8-16)12-19-17-9-6-15(18)11-13(17)2/h4-9,11,19H,3,10,12H2,1-2H3. The van der Waals surface area contributed by atoms with Gasteiger partial charge in [0.05, 0.1) is 6.61 Å². The van der Waals surface area contributed by atoms with Crippen molar-refractivity contribution in [3.8, 4) is 5.75 Å². The molecule has 0 bridgehead atoms. The summed E-state index contributed by atoms with van der Waals surface area (Å²) >= 11 is 3.48. The lowest BCUT2D eigenvalue weighted by Gasteiger charge is -2.11. The van der Waals surface area contributed by atoms with E-state index in [4.69, 9.17) is 4.74 Å². The van der Waals surface area contributed by atoms with Crippen molar-refractivity contribution < 1.29 is 4.74 Å². The zero-order chi connectivity index (χ0) is 14.4. The van der Waals surface area contributed by atoms with Gasteiger partial charge in [-0.15, -0.1) is 0 Å². The van der Waals surface area contributed by atoms with Crippen LogP contribution in [-0.4, -0.2) is 6.61 Å². The van der Waals surface area contributed by atoms with Gasteiger partial charge in [0, 0.05) is 16.7 Å². The average molecular weight is 334 g/mol. The van der Waals surface area contributed by atoms with Gasteiger partial charge in [0.1, 0.15) is 5.75 Å². The lowest BCUT2D eigenvalue weighted by Crippen LogP contribution is -2.01. The molecule has 20 heavy (non-hydrogen) atoms. The number of hydrogen-bond acceptors (Lipinski definition) is 2. The molecule has 2 rings (SSSR count). The molecule has 0 unspecified atom stereocenters. The van der Waals surface area contributed by atoms with Gasteiger partial charge in [-0.2, -0.15) is 0 Å². The molecule has 0 atom stereocenters. The topological polar surface area (TPSA) is 21.3 Å². The van der Waals surface area contributed by atoms with Crippen molar-refractivity contribution in [2.24, 2.45) is 0 Å². The maximum absolute atomic E-state index is 5.58. The molecule has 0 saturated heterocycles. The summed E-state index contributed by atoms with van der Waals surface area (Å²) in [5, 5.41) is 3.46. The molecule has 0 heterocycles. The third-order valence-electron chi connectivity index (χ3n) is 3.07. The second-order valence-electron chi connectivity index (χ2n) is 4.81. The predicted molar refractivity (Wildman–Crippen MR) is 88.4 cm³/mol. The van der Waals surface area contributed by atoms with Crippen LogP contribution in [0.1, 0.15) is 24.5 Å². The number of anilines is 1. The Balaban J connectivity index is 1.93. The van der Waals surface area contributed by atoms with Crippen molar-refractivity contribution in [1.29, 1.82) is 0 Å². The molecule has 0 amide bonds. The molecule has 0 saturated carbocycles. The van der Waals surface area contributed by atoms with Crippen LogP contribution in [0.3, 0.4) is 0 Å². The lowest BCUT2D eigenvalue weighted by molar-refractivity contribution is 0.317. The van der Waals surface area contributed by atoms with E-state index in [1.165, 1.54) is 16.8 Å². The van der Waals surface area contributed by atoms with Gasteiger partial charge in [-0.3, -0.25) is 0 Å². The average Bonchev–Trinajstić information content (AvgIpc) is 2.45. The van der Waals surface area contributed by atoms with E-state index in [-0.39, 0.29) is 0 Å². The zero-order valence-corrected chi connectivity index (χ0v) is 13.5. The molecule has 0 spiro atoms. The first-order valence-corrected chi connectivity index (χ1v) is 7.70. The van der Waals surface area contributed by atoms with Crippen LogP contribution in [-0.2, 0) is 6.54 Å². The first-order chi connectivity index (χ1) is 9.69. The number of hydrogen-bond donors (Lipinski definition) is 1. The van der Waals surface area contributed by atoms with E-state index in [0.717, 1.165) is 29.8 Å². The highest BCUT2D eigenvalue weighted by atomic mass is 79.9. The highest BCUT2D eigenvalue weighted by Gasteiger charge is 2.00. The molecule has 0 aromatic heterocycles. The molecule has 106 valence electrons. The fourth-order valence-electron chi connectivity index (χ4n) is 1.95. The van der Waals surface area contributed by atoms with Crippen molar-refractivity contribution in [2.45, 2.75) is 26.8 Å². The van der Waals surface area contributed by atoms with E-state index in [9.17, 15) is 0 Å². The van der Waals surface area contributed by atoms with Gasteiger partial charge in [0.2, 0.25) is 0 Å². The minimum absolute atomic E-state index is 0.773. The summed E-state index contributed by atoms with van der Waals surface area (Å²) in [4.78, 5) is 0. The number of benzene rings is 2. The van der Waals surface area contributed by atoms with Gasteiger partial charge >= 0.3 is 0 Å². The maximum atomic E-state index is 5.58. The molecule has 0 aliphatic rings. The molecule has 1 N–H and O–H groups in total. The van der Waals surface area contributed by atoms with Crippen molar-refractivity contribution in [3.63, 3.8) is 0 Å². The van der Waals surface area contributed by atoms with Crippen LogP contribution < -0.4 is 10.1 Å². The molecule has 2 aromatic carbocycles. The van der Waals surface area contributed by atoms with Gasteiger partial charge < -0.3 is 10.1 Å². The summed E-state index contributed by atoms with van der Waals surface area (Å²) < 4.78 is 6.69. The number of rotatable bonds is 6. The minimum atomic E-state index is 0.773. The van der Waals surface area contributed by atoms with Crippen LogP contribution in [0.25, 0.3) is 0 Å². The normalized spacial score (nSPS) is 10.3. The van der Waals surface area contributed by atoms with Gasteiger partial charge in [-0.1, -0.05) is 35.0 Å². The second-order valence-corrected chi connectivity index (χ2v) is 5.72. The van der Waals surface area contributed by atoms with Crippen molar-refractivity contribution in [3.05, 3.63) is 58.1 Å². The summed E-state index contributed by atoms with van der Waals surface area (Å²) in [6, 6.07) is 14.5. The van der Waals surface area contributed by atoms with E-state index in [1.54, 1.807) is 0 Å². The monoisotopic (exact) mass is 333 g/mol. The number of aryl methyl sites for hydroxylation is 1. The Labute approximate surface area is 129 Å². The Morgan fingerprint density at radius 2 is 1.85 bits per heavy atom. The quantitative estimate of drug-likeness (QED) is 0.788. The number of nitrogens with one attached hydrogen (secondary N) is 1. The van der Waals surface area contributed by atoms with Gasteiger partial charge in [-0.05, 0) is 54.8 Å². The van der Waals surface area contributed by atoms with Gasteiger partial charge in [-0.25, -0.2) is 0 Å². The highest BCUT2D eigenvalue weighted by Crippen LogP contribution is 2.21. The van der Waals surface area contributed by atoms with Crippen LogP contribution in [0, 0.1) is 6.92 Å². The molecule has 2 aromatic rings. The molecule has 3 heteroatoms. The second kappa shape index (κ2) is 7.34. The van der Waals surface area contributed by atoms with E-state index < -0.39 is 0 Å². The van der Waals surface area contributed by atoms with Crippen molar-refractivity contribution in [1.82, 2.24) is 0 Å².